The van der Waals surface area contributed by atoms with Crippen LogP contribution in [0.4, 0.5) is 0 Å². The number of hydrogen-bond donors (Lipinski definition) is 1. The second-order valence-electron chi connectivity index (χ2n) is 5.78. The highest BCUT2D eigenvalue weighted by Gasteiger charge is 2.08. The Morgan fingerprint density at radius 2 is 1.24 bits per heavy atom. The van der Waals surface area contributed by atoms with Crippen LogP contribution in [0.3, 0.4) is 0 Å². The van der Waals surface area contributed by atoms with Crippen LogP contribution in [0, 0.1) is 0 Å². The van der Waals surface area contributed by atoms with Crippen molar-refractivity contribution < 1.29 is 18.7 Å². The number of ether oxygens (including phenoxy) is 1. The van der Waals surface area contributed by atoms with Gasteiger partial charge in [0.05, 0.1) is 13.2 Å². The summed E-state index contributed by atoms with van der Waals surface area (Å²) in [6.07, 6.45) is 14.6. The highest BCUT2D eigenvalue weighted by atomic mass is 31.2. The summed E-state index contributed by atoms with van der Waals surface area (Å²) in [6, 6.07) is 0. The van der Waals surface area contributed by atoms with Gasteiger partial charge in [-0.3, -0.25) is 4.57 Å². The van der Waals surface area contributed by atoms with Gasteiger partial charge in [0.1, 0.15) is 0 Å². The van der Waals surface area contributed by atoms with E-state index in [0.717, 1.165) is 13.0 Å². The summed E-state index contributed by atoms with van der Waals surface area (Å²) in [6.45, 7) is 4.76. The summed E-state index contributed by atoms with van der Waals surface area (Å²) < 4.78 is 20.9. The first-order valence-electron chi connectivity index (χ1n) is 8.59. The zero-order valence-corrected chi connectivity index (χ0v) is 14.9. The highest BCUT2D eigenvalue weighted by molar-refractivity contribution is 7.51. The molecule has 0 aromatic carbocycles. The highest BCUT2D eigenvalue weighted by Crippen LogP contribution is 2.35. The normalized spacial score (nSPS) is 14.2. The third-order valence-electron chi connectivity index (χ3n) is 3.45. The van der Waals surface area contributed by atoms with Crippen molar-refractivity contribution in [1.82, 2.24) is 0 Å². The molecule has 0 aromatic rings. The van der Waals surface area contributed by atoms with Crippen molar-refractivity contribution in [1.29, 1.82) is 0 Å². The van der Waals surface area contributed by atoms with Crippen molar-refractivity contribution in [3.63, 3.8) is 0 Å². The predicted molar refractivity (Wildman–Crippen MR) is 89.0 cm³/mol. The van der Waals surface area contributed by atoms with Gasteiger partial charge < -0.3 is 14.2 Å². The first kappa shape index (κ1) is 21.1. The minimum Gasteiger partial charge on any atom is -0.379 e. The van der Waals surface area contributed by atoms with Crippen LogP contribution in [-0.4, -0.2) is 31.4 Å². The lowest BCUT2D eigenvalue weighted by Crippen LogP contribution is -2.03. The Balaban J connectivity index is 3.01. The van der Waals surface area contributed by atoms with Crippen LogP contribution in [0.25, 0.3) is 0 Å². The molecule has 0 saturated heterocycles. The van der Waals surface area contributed by atoms with Crippen molar-refractivity contribution in [3.05, 3.63) is 0 Å². The quantitative estimate of drug-likeness (QED) is 0.315. The Morgan fingerprint density at radius 1 is 0.762 bits per heavy atom. The van der Waals surface area contributed by atoms with Crippen LogP contribution >= 0.6 is 7.60 Å². The van der Waals surface area contributed by atoms with E-state index in [4.69, 9.17) is 14.2 Å². The van der Waals surface area contributed by atoms with Gasteiger partial charge in [0.2, 0.25) is 0 Å². The average Bonchev–Trinajstić information content (AvgIpc) is 2.42. The van der Waals surface area contributed by atoms with Gasteiger partial charge >= 0.3 is 7.60 Å². The fourth-order valence-corrected chi connectivity index (χ4v) is 2.65. The molecular weight excluding hydrogens is 287 g/mol. The zero-order valence-electron chi connectivity index (χ0n) is 14.0. The van der Waals surface area contributed by atoms with Gasteiger partial charge in [0.25, 0.3) is 0 Å². The monoisotopic (exact) mass is 322 g/mol. The summed E-state index contributed by atoms with van der Waals surface area (Å²) in [4.78, 5) is 8.90. The lowest BCUT2D eigenvalue weighted by Gasteiger charge is -2.07. The first-order valence-corrected chi connectivity index (χ1v) is 10.6. The largest absolute Gasteiger partial charge is 0.379 e. The lowest BCUT2D eigenvalue weighted by atomic mass is 10.1. The van der Waals surface area contributed by atoms with Crippen LogP contribution in [-0.2, 0) is 13.8 Å². The van der Waals surface area contributed by atoms with Gasteiger partial charge in [0, 0.05) is 13.3 Å². The summed E-state index contributed by atoms with van der Waals surface area (Å²) in [7, 11) is -3.33. The van der Waals surface area contributed by atoms with Gasteiger partial charge in [0.15, 0.2) is 0 Å². The molecule has 1 N–H and O–H groups in total. The van der Waals surface area contributed by atoms with E-state index in [0.29, 0.717) is 6.61 Å². The molecule has 0 amide bonds. The maximum absolute atomic E-state index is 10.8. The average molecular weight is 322 g/mol. The van der Waals surface area contributed by atoms with Crippen LogP contribution < -0.4 is 0 Å². The van der Waals surface area contributed by atoms with Crippen LogP contribution in [0.15, 0.2) is 0 Å². The fraction of sp³-hybridized carbons (Fsp3) is 1.00. The van der Waals surface area contributed by atoms with Crippen molar-refractivity contribution in [2.75, 3.05) is 26.5 Å². The minimum atomic E-state index is -3.33. The molecule has 0 saturated carbocycles. The summed E-state index contributed by atoms with van der Waals surface area (Å²) in [5.41, 5.74) is 0. The van der Waals surface area contributed by atoms with E-state index < -0.39 is 7.60 Å². The predicted octanol–water partition coefficient (Wildman–Crippen LogP) is 5.15. The third kappa shape index (κ3) is 20.1. The van der Waals surface area contributed by atoms with E-state index in [-0.39, 0.29) is 6.61 Å². The summed E-state index contributed by atoms with van der Waals surface area (Å²) in [5.74, 6) is 0. The molecule has 0 spiro atoms. The fourth-order valence-electron chi connectivity index (χ4n) is 2.24. The minimum absolute atomic E-state index is 0.197. The molecule has 4 nitrogen and oxygen atoms in total. The van der Waals surface area contributed by atoms with Gasteiger partial charge in [-0.15, -0.1) is 0 Å². The molecule has 1 atom stereocenters. The standard InChI is InChI=1S/C16H35O4P/c1-3-4-5-6-7-8-9-10-11-12-13-14-19-15-16-20-21(2,17)18/h3-16H2,1-2H3,(H,17,18). The Morgan fingerprint density at radius 3 is 1.71 bits per heavy atom. The molecule has 0 aliphatic heterocycles. The Labute approximate surface area is 131 Å². The maximum atomic E-state index is 10.8. The lowest BCUT2D eigenvalue weighted by molar-refractivity contribution is 0.0932. The molecular formula is C16H35O4P. The second kappa shape index (κ2) is 15.0. The molecule has 1 unspecified atom stereocenters. The molecule has 0 aliphatic rings. The molecule has 0 heterocycles. The van der Waals surface area contributed by atoms with E-state index in [1.807, 2.05) is 0 Å². The van der Waals surface area contributed by atoms with Gasteiger partial charge in [-0.25, -0.2) is 0 Å². The molecule has 0 fully saturated rings. The molecule has 0 aromatic heterocycles. The molecule has 128 valence electrons. The van der Waals surface area contributed by atoms with E-state index in [9.17, 15) is 4.57 Å². The van der Waals surface area contributed by atoms with Crippen molar-refractivity contribution >= 4 is 7.60 Å². The van der Waals surface area contributed by atoms with E-state index >= 15 is 0 Å². The molecule has 0 bridgehead atoms. The van der Waals surface area contributed by atoms with Crippen LogP contribution in [0.5, 0.6) is 0 Å². The molecule has 0 aliphatic carbocycles. The smallest absolute Gasteiger partial charge is 0.325 e. The van der Waals surface area contributed by atoms with Gasteiger partial charge in [-0.1, -0.05) is 71.1 Å². The van der Waals surface area contributed by atoms with Crippen molar-refractivity contribution in [2.24, 2.45) is 0 Å². The zero-order chi connectivity index (χ0) is 15.8. The Kier molecular flexibility index (Phi) is 15.1. The number of rotatable bonds is 16. The third-order valence-corrected chi connectivity index (χ3v) is 4.11. The SMILES string of the molecule is CCCCCCCCCCCCCOCCOP(C)(=O)O. The Bertz CT molecular complexity index is 253. The molecule has 5 heteroatoms. The molecule has 0 radical (unpaired) electrons. The topological polar surface area (TPSA) is 55.8 Å². The Hall–Kier alpha value is 0.110. The van der Waals surface area contributed by atoms with Crippen LogP contribution in [0.1, 0.15) is 77.6 Å². The van der Waals surface area contributed by atoms with Crippen molar-refractivity contribution in [2.45, 2.75) is 77.6 Å². The van der Waals surface area contributed by atoms with Gasteiger partial charge in [-0.2, -0.15) is 0 Å². The summed E-state index contributed by atoms with van der Waals surface area (Å²) in [5, 5.41) is 0. The van der Waals surface area contributed by atoms with Crippen LogP contribution in [0.2, 0.25) is 0 Å². The van der Waals surface area contributed by atoms with E-state index in [1.165, 1.54) is 70.9 Å². The molecule has 0 rings (SSSR count). The summed E-state index contributed by atoms with van der Waals surface area (Å²) >= 11 is 0. The number of unbranched alkanes of at least 4 members (excludes halogenated alkanes) is 10. The van der Waals surface area contributed by atoms with Gasteiger partial charge in [-0.05, 0) is 6.42 Å². The first-order chi connectivity index (χ1) is 10.1. The van der Waals surface area contributed by atoms with E-state index in [2.05, 4.69) is 6.92 Å². The second-order valence-corrected chi connectivity index (χ2v) is 7.65. The molecule has 21 heavy (non-hydrogen) atoms. The van der Waals surface area contributed by atoms with Crippen molar-refractivity contribution in [3.8, 4) is 0 Å². The van der Waals surface area contributed by atoms with E-state index in [1.54, 1.807) is 0 Å². The maximum Gasteiger partial charge on any atom is 0.325 e. The number of hydrogen-bond acceptors (Lipinski definition) is 3.